The molecular weight excluding hydrogens is 228 g/mol. The van der Waals surface area contributed by atoms with Gasteiger partial charge in [0.1, 0.15) is 5.60 Å². The van der Waals surface area contributed by atoms with E-state index >= 15 is 0 Å². The van der Waals surface area contributed by atoms with Crippen LogP contribution in [0.4, 0.5) is 0 Å². The summed E-state index contributed by atoms with van der Waals surface area (Å²) >= 11 is 0. The molecule has 4 rings (SSSR count). The van der Waals surface area contributed by atoms with Crippen molar-refractivity contribution in [3.05, 3.63) is 0 Å². The van der Waals surface area contributed by atoms with Gasteiger partial charge in [0.15, 0.2) is 0 Å². The Morgan fingerprint density at radius 1 is 1.11 bits per heavy atom. The van der Waals surface area contributed by atoms with Crippen LogP contribution in [0.5, 0.6) is 0 Å². The average Bonchev–Trinajstić information content (AvgIpc) is 3.19. The van der Waals surface area contributed by atoms with E-state index in [1.165, 1.54) is 38.5 Å². The second-order valence-electron chi connectivity index (χ2n) is 7.10. The SMILES string of the molecule is CC12CCC(COC3CCCC4OC34C)CC1O2. The maximum absolute atomic E-state index is 6.20. The monoisotopic (exact) mass is 252 g/mol. The summed E-state index contributed by atoms with van der Waals surface area (Å²) in [6, 6.07) is 0. The van der Waals surface area contributed by atoms with Gasteiger partial charge < -0.3 is 14.2 Å². The lowest BCUT2D eigenvalue weighted by atomic mass is 9.83. The molecule has 6 atom stereocenters. The van der Waals surface area contributed by atoms with Crippen molar-refractivity contribution < 1.29 is 14.2 Å². The van der Waals surface area contributed by atoms with Gasteiger partial charge in [-0.1, -0.05) is 0 Å². The first-order valence-corrected chi connectivity index (χ1v) is 7.57. The maximum atomic E-state index is 6.20. The molecular formula is C15H24O3. The fourth-order valence-corrected chi connectivity index (χ4v) is 4.05. The smallest absolute Gasteiger partial charge is 0.118 e. The molecule has 0 aromatic rings. The van der Waals surface area contributed by atoms with Crippen LogP contribution in [0.25, 0.3) is 0 Å². The standard InChI is InChI=1S/C15H24O3/c1-14-7-6-10(8-13(14)17-14)9-16-11-4-3-5-12-15(11,2)18-12/h10-13H,3-9H2,1-2H3. The first kappa shape index (κ1) is 11.7. The number of fused-ring (bicyclic) bond motifs is 2. The Labute approximate surface area is 109 Å². The number of hydrogen-bond acceptors (Lipinski definition) is 3. The lowest BCUT2D eigenvalue weighted by molar-refractivity contribution is -0.0276. The molecule has 18 heavy (non-hydrogen) atoms. The van der Waals surface area contributed by atoms with Gasteiger partial charge in [-0.15, -0.1) is 0 Å². The molecule has 2 aliphatic carbocycles. The third-order valence-electron chi connectivity index (χ3n) is 5.72. The second kappa shape index (κ2) is 3.71. The summed E-state index contributed by atoms with van der Waals surface area (Å²) in [5, 5.41) is 0. The van der Waals surface area contributed by atoms with E-state index < -0.39 is 0 Å². The zero-order valence-corrected chi connectivity index (χ0v) is 11.5. The summed E-state index contributed by atoms with van der Waals surface area (Å²) in [6.07, 6.45) is 8.69. The molecule has 6 unspecified atom stereocenters. The van der Waals surface area contributed by atoms with E-state index in [2.05, 4.69) is 13.8 Å². The van der Waals surface area contributed by atoms with Gasteiger partial charge in [0, 0.05) is 0 Å². The highest BCUT2D eigenvalue weighted by molar-refractivity contribution is 5.08. The number of epoxide rings is 2. The summed E-state index contributed by atoms with van der Waals surface area (Å²) in [4.78, 5) is 0. The summed E-state index contributed by atoms with van der Waals surface area (Å²) < 4.78 is 17.8. The Morgan fingerprint density at radius 2 is 2.00 bits per heavy atom. The Hall–Kier alpha value is -0.120. The van der Waals surface area contributed by atoms with Gasteiger partial charge in [0.05, 0.1) is 30.5 Å². The van der Waals surface area contributed by atoms with Gasteiger partial charge in [0.25, 0.3) is 0 Å². The number of hydrogen-bond donors (Lipinski definition) is 0. The summed E-state index contributed by atoms with van der Waals surface area (Å²) in [5.74, 6) is 0.702. The van der Waals surface area contributed by atoms with Crippen LogP contribution in [0.15, 0.2) is 0 Å². The third kappa shape index (κ3) is 1.75. The molecule has 0 bridgehead atoms. The molecule has 2 saturated carbocycles. The highest BCUT2D eigenvalue weighted by Gasteiger charge is 2.60. The molecule has 3 nitrogen and oxygen atoms in total. The van der Waals surface area contributed by atoms with Crippen LogP contribution in [0.2, 0.25) is 0 Å². The molecule has 0 N–H and O–H groups in total. The quantitative estimate of drug-likeness (QED) is 0.724. The van der Waals surface area contributed by atoms with E-state index in [0.717, 1.165) is 6.61 Å². The molecule has 4 aliphatic rings. The Morgan fingerprint density at radius 3 is 2.83 bits per heavy atom. The zero-order chi connectivity index (χ0) is 12.4. The van der Waals surface area contributed by atoms with Gasteiger partial charge in [-0.05, 0) is 58.3 Å². The predicted octanol–water partition coefficient (Wildman–Crippen LogP) is 2.67. The van der Waals surface area contributed by atoms with Crippen LogP contribution in [0.3, 0.4) is 0 Å². The summed E-state index contributed by atoms with van der Waals surface area (Å²) in [6.45, 7) is 5.38. The Balaban J connectivity index is 1.29. The highest BCUT2D eigenvalue weighted by Crippen LogP contribution is 2.51. The molecule has 2 saturated heterocycles. The van der Waals surface area contributed by atoms with Crippen molar-refractivity contribution in [2.75, 3.05) is 6.61 Å². The summed E-state index contributed by atoms with van der Waals surface area (Å²) in [7, 11) is 0. The molecule has 0 aromatic heterocycles. The van der Waals surface area contributed by atoms with Crippen molar-refractivity contribution in [3.8, 4) is 0 Å². The minimum atomic E-state index is 0.0531. The van der Waals surface area contributed by atoms with Crippen molar-refractivity contribution in [2.45, 2.75) is 81.9 Å². The average molecular weight is 252 g/mol. The molecule has 2 heterocycles. The minimum Gasteiger partial charge on any atom is -0.375 e. The molecule has 0 radical (unpaired) electrons. The van der Waals surface area contributed by atoms with E-state index in [1.54, 1.807) is 0 Å². The molecule has 3 heteroatoms. The largest absolute Gasteiger partial charge is 0.375 e. The third-order valence-corrected chi connectivity index (χ3v) is 5.72. The van der Waals surface area contributed by atoms with Gasteiger partial charge in [-0.3, -0.25) is 0 Å². The van der Waals surface area contributed by atoms with Gasteiger partial charge in [0.2, 0.25) is 0 Å². The van der Waals surface area contributed by atoms with E-state index in [-0.39, 0.29) is 11.2 Å². The van der Waals surface area contributed by atoms with Crippen LogP contribution in [0.1, 0.15) is 52.4 Å². The Bertz CT molecular complexity index is 358. The molecule has 0 amide bonds. The highest BCUT2D eigenvalue weighted by atomic mass is 16.6. The molecule has 0 aromatic carbocycles. The van der Waals surface area contributed by atoms with E-state index in [4.69, 9.17) is 14.2 Å². The molecule has 4 fully saturated rings. The summed E-state index contributed by atoms with van der Waals surface area (Å²) in [5.41, 5.74) is 0.287. The van der Waals surface area contributed by atoms with Crippen LogP contribution >= 0.6 is 0 Å². The van der Waals surface area contributed by atoms with Crippen molar-refractivity contribution in [3.63, 3.8) is 0 Å². The van der Waals surface area contributed by atoms with Gasteiger partial charge in [-0.2, -0.15) is 0 Å². The minimum absolute atomic E-state index is 0.0531. The van der Waals surface area contributed by atoms with Gasteiger partial charge >= 0.3 is 0 Å². The Kier molecular flexibility index (Phi) is 2.41. The van der Waals surface area contributed by atoms with Crippen LogP contribution in [-0.2, 0) is 14.2 Å². The molecule has 102 valence electrons. The number of ether oxygens (including phenoxy) is 3. The lowest BCUT2D eigenvalue weighted by Crippen LogP contribution is -2.37. The van der Waals surface area contributed by atoms with Crippen molar-refractivity contribution >= 4 is 0 Å². The van der Waals surface area contributed by atoms with E-state index in [9.17, 15) is 0 Å². The maximum Gasteiger partial charge on any atom is 0.118 e. The first-order chi connectivity index (χ1) is 8.60. The van der Waals surface area contributed by atoms with Crippen LogP contribution < -0.4 is 0 Å². The fraction of sp³-hybridized carbons (Fsp3) is 1.00. The second-order valence-corrected chi connectivity index (χ2v) is 7.10. The van der Waals surface area contributed by atoms with E-state index in [1.807, 2.05) is 0 Å². The van der Waals surface area contributed by atoms with Crippen molar-refractivity contribution in [1.82, 2.24) is 0 Å². The normalized spacial score (nSPS) is 57.7. The molecule has 0 spiro atoms. The van der Waals surface area contributed by atoms with Crippen molar-refractivity contribution in [1.29, 1.82) is 0 Å². The topological polar surface area (TPSA) is 34.3 Å². The van der Waals surface area contributed by atoms with Crippen molar-refractivity contribution in [2.24, 2.45) is 5.92 Å². The van der Waals surface area contributed by atoms with Crippen LogP contribution in [-0.4, -0.2) is 36.1 Å². The lowest BCUT2D eigenvalue weighted by Gasteiger charge is -2.29. The zero-order valence-electron chi connectivity index (χ0n) is 11.5. The molecule has 2 aliphatic heterocycles. The number of rotatable bonds is 3. The van der Waals surface area contributed by atoms with Gasteiger partial charge in [-0.25, -0.2) is 0 Å². The predicted molar refractivity (Wildman–Crippen MR) is 67.5 cm³/mol. The van der Waals surface area contributed by atoms with Crippen LogP contribution in [0, 0.1) is 5.92 Å². The fourth-order valence-electron chi connectivity index (χ4n) is 4.05. The first-order valence-electron chi connectivity index (χ1n) is 7.57. The van der Waals surface area contributed by atoms with E-state index in [0.29, 0.717) is 24.2 Å².